The maximum Gasteiger partial charge on any atom is 0.0503 e. The Hall–Kier alpha value is -1.22. The van der Waals surface area contributed by atoms with Crippen molar-refractivity contribution < 1.29 is 0 Å². The third-order valence-corrected chi connectivity index (χ3v) is 2.05. The highest BCUT2D eigenvalue weighted by molar-refractivity contribution is 5.37. The fourth-order valence-corrected chi connectivity index (χ4v) is 1.28. The summed E-state index contributed by atoms with van der Waals surface area (Å²) in [5.41, 5.74) is 1.24. The van der Waals surface area contributed by atoms with Gasteiger partial charge in [-0.1, -0.05) is 36.8 Å². The Kier molecular flexibility index (Phi) is 2.55. The molecule has 1 aliphatic carbocycles. The van der Waals surface area contributed by atoms with E-state index in [4.69, 9.17) is 0 Å². The molecule has 1 aliphatic rings. The van der Waals surface area contributed by atoms with Crippen LogP contribution < -0.4 is 0 Å². The second kappa shape index (κ2) is 3.45. The molecule has 0 aromatic heterocycles. The third-order valence-electron chi connectivity index (χ3n) is 2.05. The Balaban J connectivity index is 2.80. The van der Waals surface area contributed by atoms with Gasteiger partial charge in [0.2, 0.25) is 0 Å². The molecule has 1 rings (SSSR count). The molecule has 0 N–H and O–H groups in total. The van der Waals surface area contributed by atoms with Gasteiger partial charge in [0.05, 0.1) is 5.41 Å². The lowest BCUT2D eigenvalue weighted by Gasteiger charge is -2.20. The summed E-state index contributed by atoms with van der Waals surface area (Å²) in [7, 11) is 0. The van der Waals surface area contributed by atoms with Crippen LogP contribution in [0.25, 0.3) is 0 Å². The van der Waals surface area contributed by atoms with Crippen molar-refractivity contribution in [1.29, 1.82) is 0 Å². The van der Waals surface area contributed by atoms with Crippen LogP contribution >= 0.6 is 0 Å². The molecular formula is C12H14. The van der Waals surface area contributed by atoms with E-state index in [-0.39, 0.29) is 5.41 Å². The summed E-state index contributed by atoms with van der Waals surface area (Å²) in [6, 6.07) is 0. The van der Waals surface area contributed by atoms with Crippen molar-refractivity contribution in [2.24, 2.45) is 5.41 Å². The van der Waals surface area contributed by atoms with Gasteiger partial charge in [-0.25, -0.2) is 0 Å². The summed E-state index contributed by atoms with van der Waals surface area (Å²) in [5.74, 6) is 6.14. The minimum Gasteiger partial charge on any atom is -0.106 e. The van der Waals surface area contributed by atoms with Gasteiger partial charge < -0.3 is 0 Å². The van der Waals surface area contributed by atoms with Gasteiger partial charge in [-0.2, -0.15) is 0 Å². The molecular weight excluding hydrogens is 144 g/mol. The molecule has 0 saturated carbocycles. The van der Waals surface area contributed by atoms with E-state index in [1.54, 1.807) is 0 Å². The van der Waals surface area contributed by atoms with Gasteiger partial charge in [0, 0.05) is 0 Å². The predicted molar refractivity (Wildman–Crippen MR) is 53.6 cm³/mol. The number of hydrogen-bond donors (Lipinski definition) is 0. The van der Waals surface area contributed by atoms with Crippen molar-refractivity contribution in [3.8, 4) is 11.8 Å². The van der Waals surface area contributed by atoms with Crippen molar-refractivity contribution in [1.82, 2.24) is 0 Å². The highest BCUT2D eigenvalue weighted by Crippen LogP contribution is 2.28. The summed E-state index contributed by atoms with van der Waals surface area (Å²) in [4.78, 5) is 0. The molecule has 0 saturated heterocycles. The van der Waals surface area contributed by atoms with E-state index >= 15 is 0 Å². The zero-order valence-electron chi connectivity index (χ0n) is 7.72. The van der Waals surface area contributed by atoms with E-state index in [9.17, 15) is 0 Å². The lowest BCUT2D eigenvalue weighted by atomic mass is 9.82. The maximum absolute atomic E-state index is 3.72. The largest absolute Gasteiger partial charge is 0.106 e. The lowest BCUT2D eigenvalue weighted by Crippen LogP contribution is -2.11. The second-order valence-corrected chi connectivity index (χ2v) is 3.24. The Bertz CT molecular complexity index is 294. The summed E-state index contributed by atoms with van der Waals surface area (Å²) >= 11 is 0. The van der Waals surface area contributed by atoms with Crippen molar-refractivity contribution in [2.75, 3.05) is 0 Å². The van der Waals surface area contributed by atoms with E-state index in [1.807, 2.05) is 13.0 Å². The average Bonchev–Trinajstić information content (AvgIpc) is 2.06. The number of allylic oxidation sites excluding steroid dienone is 5. The van der Waals surface area contributed by atoms with Gasteiger partial charge in [0.25, 0.3) is 0 Å². The van der Waals surface area contributed by atoms with Crippen LogP contribution in [0.3, 0.4) is 0 Å². The first-order valence-corrected chi connectivity index (χ1v) is 4.16. The fraction of sp³-hybridized carbons (Fsp3) is 0.333. The number of rotatable bonds is 1. The molecule has 0 radical (unpaired) electrons. The van der Waals surface area contributed by atoms with Crippen LogP contribution in [0, 0.1) is 17.3 Å². The first kappa shape index (κ1) is 8.87. The van der Waals surface area contributed by atoms with Crippen LogP contribution in [0.5, 0.6) is 0 Å². The van der Waals surface area contributed by atoms with Crippen molar-refractivity contribution in [3.05, 3.63) is 36.5 Å². The Morgan fingerprint density at radius 3 is 2.83 bits per heavy atom. The molecule has 0 aromatic rings. The van der Waals surface area contributed by atoms with Crippen molar-refractivity contribution in [2.45, 2.75) is 20.3 Å². The summed E-state index contributed by atoms with van der Waals surface area (Å²) in [5, 5.41) is 0. The minimum absolute atomic E-state index is 0.0429. The van der Waals surface area contributed by atoms with E-state index < -0.39 is 0 Å². The first-order chi connectivity index (χ1) is 5.70. The zero-order valence-corrected chi connectivity index (χ0v) is 7.72. The zero-order chi connectivity index (χ0) is 9.03. The van der Waals surface area contributed by atoms with Gasteiger partial charge in [-0.3, -0.25) is 0 Å². The Morgan fingerprint density at radius 2 is 2.42 bits per heavy atom. The normalized spacial score (nSPS) is 27.0. The molecule has 1 unspecified atom stereocenters. The topological polar surface area (TPSA) is 0 Å². The van der Waals surface area contributed by atoms with E-state index in [0.717, 1.165) is 6.42 Å². The number of hydrogen-bond acceptors (Lipinski definition) is 0. The molecule has 0 amide bonds. The van der Waals surface area contributed by atoms with Crippen molar-refractivity contribution >= 4 is 0 Å². The minimum atomic E-state index is 0.0429. The molecule has 12 heavy (non-hydrogen) atoms. The van der Waals surface area contributed by atoms with E-state index in [0.29, 0.717) is 0 Å². The maximum atomic E-state index is 3.72. The molecule has 1 atom stereocenters. The molecule has 0 aliphatic heterocycles. The van der Waals surface area contributed by atoms with Crippen LogP contribution in [-0.4, -0.2) is 0 Å². The van der Waals surface area contributed by atoms with Gasteiger partial charge in [0.1, 0.15) is 0 Å². The summed E-state index contributed by atoms with van der Waals surface area (Å²) in [6.45, 7) is 7.75. The van der Waals surface area contributed by atoms with Crippen molar-refractivity contribution in [3.63, 3.8) is 0 Å². The average molecular weight is 158 g/mol. The Morgan fingerprint density at radius 1 is 1.67 bits per heavy atom. The molecule has 0 aromatic carbocycles. The Labute approximate surface area is 74.7 Å². The van der Waals surface area contributed by atoms with E-state index in [2.05, 4.69) is 43.6 Å². The standard InChI is InChI=1S/C12H14/c1-4-8-12(3)9-6-11(5-2)7-10-12/h5-7,9H,2,10H2,1,3H3. The molecule has 0 nitrogen and oxygen atoms in total. The lowest BCUT2D eigenvalue weighted by molar-refractivity contribution is 0.580. The van der Waals surface area contributed by atoms with Gasteiger partial charge >= 0.3 is 0 Å². The molecule has 62 valence electrons. The molecule has 0 spiro atoms. The smallest absolute Gasteiger partial charge is 0.0503 e. The SMILES string of the molecule is C=CC1=CCC(C)(C#CC)C=C1. The fourth-order valence-electron chi connectivity index (χ4n) is 1.28. The van der Waals surface area contributed by atoms with Crippen LogP contribution in [0.4, 0.5) is 0 Å². The third kappa shape index (κ3) is 1.89. The van der Waals surface area contributed by atoms with Crippen LogP contribution in [0.2, 0.25) is 0 Å². The predicted octanol–water partition coefficient (Wildman–Crippen LogP) is 3.09. The van der Waals surface area contributed by atoms with E-state index in [1.165, 1.54) is 5.57 Å². The monoisotopic (exact) mass is 158 g/mol. The highest BCUT2D eigenvalue weighted by atomic mass is 14.2. The molecule has 0 bridgehead atoms. The quantitative estimate of drug-likeness (QED) is 0.514. The van der Waals surface area contributed by atoms with Crippen LogP contribution in [0.1, 0.15) is 20.3 Å². The van der Waals surface area contributed by atoms with Crippen LogP contribution in [0.15, 0.2) is 36.5 Å². The first-order valence-electron chi connectivity index (χ1n) is 4.16. The highest BCUT2D eigenvalue weighted by Gasteiger charge is 2.18. The van der Waals surface area contributed by atoms with Gasteiger partial charge in [-0.15, -0.1) is 5.92 Å². The molecule has 0 heteroatoms. The van der Waals surface area contributed by atoms with Gasteiger partial charge in [-0.05, 0) is 25.8 Å². The molecule has 0 fully saturated rings. The second-order valence-electron chi connectivity index (χ2n) is 3.24. The van der Waals surface area contributed by atoms with Gasteiger partial charge in [0.15, 0.2) is 0 Å². The summed E-state index contributed by atoms with van der Waals surface area (Å²) < 4.78 is 0. The molecule has 0 heterocycles. The summed E-state index contributed by atoms with van der Waals surface area (Å²) in [6.07, 6.45) is 9.28. The van der Waals surface area contributed by atoms with Crippen LogP contribution in [-0.2, 0) is 0 Å².